The molecule has 0 fully saturated rings. The van der Waals surface area contributed by atoms with E-state index in [1.54, 1.807) is 57.2 Å². The Morgan fingerprint density at radius 1 is 0.639 bits per heavy atom. The van der Waals surface area contributed by atoms with Gasteiger partial charge in [-0.05, 0) is 60.7 Å². The Labute approximate surface area is 210 Å². The van der Waals surface area contributed by atoms with Crippen LogP contribution in [0.1, 0.15) is 53.4 Å². The molecule has 0 spiro atoms. The maximum Gasteiger partial charge on any atom is 0.338 e. The summed E-state index contributed by atoms with van der Waals surface area (Å²) < 4.78 is 16.2. The van der Waals surface area contributed by atoms with Crippen LogP contribution in [0, 0.1) is 0 Å². The zero-order valence-corrected chi connectivity index (χ0v) is 20.6. The Bertz CT molecular complexity index is 1290. The molecular weight excluding hydrogens is 456 g/mol. The topological polar surface area (TPSA) is 78.9 Å². The standard InChI is InChI=1S/C30H28O6/c1-4-34-27(31)22-18-16-20(17-19-22)25-23-14-10-11-15-24(23)30(28(32)35-5-2,29(33)36-6-3)26(25)21-12-8-7-9-13-21/h7-19H,4-6H2,1-3H3. The molecule has 0 amide bonds. The summed E-state index contributed by atoms with van der Waals surface area (Å²) in [5, 5.41) is 0. The minimum absolute atomic E-state index is 0.105. The lowest BCUT2D eigenvalue weighted by molar-refractivity contribution is -0.161. The number of hydrogen-bond acceptors (Lipinski definition) is 6. The molecule has 0 bridgehead atoms. The number of esters is 3. The molecule has 6 nitrogen and oxygen atoms in total. The van der Waals surface area contributed by atoms with Crippen LogP contribution in [0.4, 0.5) is 0 Å². The second kappa shape index (κ2) is 10.6. The van der Waals surface area contributed by atoms with Gasteiger partial charge in [-0.3, -0.25) is 9.59 Å². The van der Waals surface area contributed by atoms with E-state index in [-0.39, 0.29) is 19.8 Å². The number of hydrogen-bond donors (Lipinski definition) is 0. The summed E-state index contributed by atoms with van der Waals surface area (Å²) in [4.78, 5) is 39.8. The fourth-order valence-corrected chi connectivity index (χ4v) is 4.72. The van der Waals surface area contributed by atoms with Gasteiger partial charge in [0, 0.05) is 5.57 Å². The van der Waals surface area contributed by atoms with Gasteiger partial charge in [0.25, 0.3) is 0 Å². The molecule has 4 rings (SSSR count). The summed E-state index contributed by atoms with van der Waals surface area (Å²) in [6, 6.07) is 23.6. The monoisotopic (exact) mass is 484 g/mol. The molecule has 0 N–H and O–H groups in total. The van der Waals surface area contributed by atoms with Crippen molar-refractivity contribution in [1.29, 1.82) is 0 Å². The third kappa shape index (κ3) is 4.09. The van der Waals surface area contributed by atoms with Crippen molar-refractivity contribution in [3.8, 4) is 0 Å². The van der Waals surface area contributed by atoms with Crippen molar-refractivity contribution in [1.82, 2.24) is 0 Å². The summed E-state index contributed by atoms with van der Waals surface area (Å²) in [7, 11) is 0. The summed E-state index contributed by atoms with van der Waals surface area (Å²) in [5.41, 5.74) is 2.46. The summed E-state index contributed by atoms with van der Waals surface area (Å²) in [6.07, 6.45) is 0. The van der Waals surface area contributed by atoms with Gasteiger partial charge in [0.2, 0.25) is 5.41 Å². The van der Waals surface area contributed by atoms with E-state index < -0.39 is 23.3 Å². The molecule has 0 unspecified atom stereocenters. The van der Waals surface area contributed by atoms with Crippen LogP contribution >= 0.6 is 0 Å². The van der Waals surface area contributed by atoms with Crippen LogP contribution in [0.15, 0.2) is 78.9 Å². The first-order valence-corrected chi connectivity index (χ1v) is 12.0. The predicted octanol–water partition coefficient (Wildman–Crippen LogP) is 5.20. The van der Waals surface area contributed by atoms with Crippen LogP contribution < -0.4 is 0 Å². The maximum absolute atomic E-state index is 13.8. The third-order valence-corrected chi connectivity index (χ3v) is 6.14. The average molecular weight is 485 g/mol. The second-order valence-electron chi connectivity index (χ2n) is 8.15. The van der Waals surface area contributed by atoms with Crippen LogP contribution in [0.5, 0.6) is 0 Å². The number of ether oxygens (including phenoxy) is 3. The van der Waals surface area contributed by atoms with Crippen molar-refractivity contribution in [3.05, 3.63) is 107 Å². The van der Waals surface area contributed by atoms with Crippen molar-refractivity contribution in [2.45, 2.75) is 26.2 Å². The minimum Gasteiger partial charge on any atom is -0.465 e. The Hall–Kier alpha value is -4.19. The highest BCUT2D eigenvalue weighted by atomic mass is 16.6. The van der Waals surface area contributed by atoms with E-state index in [0.29, 0.717) is 27.8 Å². The number of benzene rings is 3. The van der Waals surface area contributed by atoms with Crippen LogP contribution in [0.2, 0.25) is 0 Å². The molecule has 1 aliphatic carbocycles. The van der Waals surface area contributed by atoms with Crippen LogP contribution in [0.25, 0.3) is 11.1 Å². The summed E-state index contributed by atoms with van der Waals surface area (Å²) in [5.74, 6) is -1.79. The lowest BCUT2D eigenvalue weighted by Crippen LogP contribution is -2.46. The second-order valence-corrected chi connectivity index (χ2v) is 8.15. The Kier molecular flexibility index (Phi) is 7.34. The molecule has 36 heavy (non-hydrogen) atoms. The molecule has 0 heterocycles. The lowest BCUT2D eigenvalue weighted by Gasteiger charge is -2.29. The van der Waals surface area contributed by atoms with Crippen molar-refractivity contribution >= 4 is 29.1 Å². The molecule has 1 aliphatic rings. The van der Waals surface area contributed by atoms with Gasteiger partial charge in [-0.25, -0.2) is 4.79 Å². The van der Waals surface area contributed by atoms with E-state index in [1.807, 2.05) is 42.5 Å². The molecule has 3 aromatic rings. The van der Waals surface area contributed by atoms with Gasteiger partial charge in [0.05, 0.1) is 25.4 Å². The lowest BCUT2D eigenvalue weighted by atomic mass is 9.74. The molecule has 0 saturated carbocycles. The van der Waals surface area contributed by atoms with Gasteiger partial charge in [0.1, 0.15) is 0 Å². The highest BCUT2D eigenvalue weighted by Gasteiger charge is 2.59. The van der Waals surface area contributed by atoms with Gasteiger partial charge >= 0.3 is 17.9 Å². The fraction of sp³-hybridized carbons (Fsp3) is 0.233. The van der Waals surface area contributed by atoms with Gasteiger partial charge in [-0.1, -0.05) is 66.7 Å². The zero-order chi connectivity index (χ0) is 25.7. The van der Waals surface area contributed by atoms with Crippen molar-refractivity contribution in [2.24, 2.45) is 0 Å². The molecular formula is C30H28O6. The molecule has 0 saturated heterocycles. The molecule has 0 radical (unpaired) electrons. The van der Waals surface area contributed by atoms with Gasteiger partial charge in [0.15, 0.2) is 0 Å². The van der Waals surface area contributed by atoms with E-state index in [2.05, 4.69) is 0 Å². The fourth-order valence-electron chi connectivity index (χ4n) is 4.72. The average Bonchev–Trinajstić information content (AvgIpc) is 3.22. The maximum atomic E-state index is 13.8. The third-order valence-electron chi connectivity index (χ3n) is 6.14. The van der Waals surface area contributed by atoms with E-state index in [0.717, 1.165) is 11.1 Å². The van der Waals surface area contributed by atoms with Crippen molar-refractivity contribution in [2.75, 3.05) is 19.8 Å². The highest BCUT2D eigenvalue weighted by molar-refractivity contribution is 6.27. The quantitative estimate of drug-likeness (QED) is 0.248. The van der Waals surface area contributed by atoms with Crippen molar-refractivity contribution in [3.63, 3.8) is 0 Å². The Balaban J connectivity index is 2.07. The van der Waals surface area contributed by atoms with E-state index >= 15 is 0 Å². The first-order chi connectivity index (χ1) is 17.5. The zero-order valence-electron chi connectivity index (χ0n) is 20.6. The van der Waals surface area contributed by atoms with Crippen LogP contribution in [0.3, 0.4) is 0 Å². The summed E-state index contributed by atoms with van der Waals surface area (Å²) >= 11 is 0. The Morgan fingerprint density at radius 3 is 1.78 bits per heavy atom. The Morgan fingerprint density at radius 2 is 1.19 bits per heavy atom. The molecule has 0 atom stereocenters. The first kappa shape index (κ1) is 24.9. The van der Waals surface area contributed by atoms with Gasteiger partial charge in [-0.15, -0.1) is 0 Å². The van der Waals surface area contributed by atoms with E-state index in [1.165, 1.54) is 0 Å². The van der Waals surface area contributed by atoms with E-state index in [4.69, 9.17) is 14.2 Å². The highest BCUT2D eigenvalue weighted by Crippen LogP contribution is 2.54. The molecule has 0 aliphatic heterocycles. The van der Waals surface area contributed by atoms with Gasteiger partial charge < -0.3 is 14.2 Å². The number of carbonyl (C=O) groups is 3. The van der Waals surface area contributed by atoms with Crippen LogP contribution in [-0.2, 0) is 29.2 Å². The first-order valence-electron chi connectivity index (χ1n) is 12.0. The molecule has 184 valence electrons. The molecule has 6 heteroatoms. The number of rotatable bonds is 8. The smallest absolute Gasteiger partial charge is 0.338 e. The van der Waals surface area contributed by atoms with E-state index in [9.17, 15) is 14.4 Å². The normalized spacial score (nSPS) is 13.6. The van der Waals surface area contributed by atoms with Crippen molar-refractivity contribution < 1.29 is 28.6 Å². The predicted molar refractivity (Wildman–Crippen MR) is 136 cm³/mol. The molecule has 0 aromatic heterocycles. The SMILES string of the molecule is CCOC(=O)c1ccc(C2=C(c3ccccc3)C(C(=O)OCC)(C(=O)OCC)c3ccccc32)cc1. The summed E-state index contributed by atoms with van der Waals surface area (Å²) in [6.45, 7) is 5.65. The largest absolute Gasteiger partial charge is 0.465 e. The molecule has 3 aromatic carbocycles. The minimum atomic E-state index is -1.81. The number of carbonyl (C=O) groups excluding carboxylic acids is 3. The van der Waals surface area contributed by atoms with Crippen LogP contribution in [-0.4, -0.2) is 37.7 Å². The van der Waals surface area contributed by atoms with Gasteiger partial charge in [-0.2, -0.15) is 0 Å². The number of fused-ring (bicyclic) bond motifs is 1.